The van der Waals surface area contributed by atoms with E-state index in [0.29, 0.717) is 0 Å². The summed E-state index contributed by atoms with van der Waals surface area (Å²) in [6.45, 7) is 12.0. The summed E-state index contributed by atoms with van der Waals surface area (Å²) in [4.78, 5) is 2.63. The van der Waals surface area contributed by atoms with Crippen molar-refractivity contribution in [1.82, 2.24) is 4.90 Å². The molecule has 1 saturated heterocycles. The quantitative estimate of drug-likeness (QED) is 0.572. The van der Waals surface area contributed by atoms with Crippen LogP contribution in [0.15, 0.2) is 0 Å². The van der Waals surface area contributed by atoms with Gasteiger partial charge in [-0.05, 0) is 37.6 Å². The molecule has 1 heteroatoms. The molecule has 0 bridgehead atoms. The van der Waals surface area contributed by atoms with Crippen LogP contribution in [0.5, 0.6) is 0 Å². The molecule has 1 rings (SSSR count). The van der Waals surface area contributed by atoms with E-state index in [2.05, 4.69) is 32.6 Å². The van der Waals surface area contributed by atoms with E-state index in [1.807, 2.05) is 0 Å². The van der Waals surface area contributed by atoms with E-state index >= 15 is 0 Å². The fourth-order valence-electron chi connectivity index (χ4n) is 1.72. The van der Waals surface area contributed by atoms with Crippen molar-refractivity contribution in [2.24, 2.45) is 11.8 Å². The normalized spacial score (nSPS) is 27.2. The molecule has 78 valence electrons. The lowest BCUT2D eigenvalue weighted by molar-refractivity contribution is 0.418. The van der Waals surface area contributed by atoms with E-state index in [0.717, 1.165) is 17.9 Å². The van der Waals surface area contributed by atoms with Crippen molar-refractivity contribution < 1.29 is 0 Å². The maximum atomic E-state index is 2.63. The van der Waals surface area contributed by atoms with Gasteiger partial charge < -0.3 is 0 Å². The van der Waals surface area contributed by atoms with Crippen LogP contribution in [0, 0.1) is 11.8 Å². The van der Waals surface area contributed by atoms with E-state index < -0.39 is 0 Å². The Morgan fingerprint density at radius 2 is 1.69 bits per heavy atom. The van der Waals surface area contributed by atoms with Crippen LogP contribution in [0.4, 0.5) is 0 Å². The Morgan fingerprint density at radius 1 is 1.08 bits per heavy atom. The van der Waals surface area contributed by atoms with Gasteiger partial charge >= 0.3 is 0 Å². The molecule has 0 amide bonds. The molecule has 0 aromatic rings. The lowest BCUT2D eigenvalue weighted by atomic mass is 10.1. The van der Waals surface area contributed by atoms with Crippen molar-refractivity contribution >= 4 is 0 Å². The number of nitrogens with zero attached hydrogens (tertiary/aromatic N) is 1. The first-order valence-electron chi connectivity index (χ1n) is 5.83. The SMILES string of the molecule is CC(C)CCC1CN1CCC(C)C. The van der Waals surface area contributed by atoms with E-state index in [4.69, 9.17) is 0 Å². The van der Waals surface area contributed by atoms with E-state index in [1.165, 1.54) is 32.4 Å². The topological polar surface area (TPSA) is 3.01 Å². The summed E-state index contributed by atoms with van der Waals surface area (Å²) in [5, 5.41) is 0. The first-order chi connectivity index (χ1) is 6.09. The van der Waals surface area contributed by atoms with Gasteiger partial charge in [0.05, 0.1) is 0 Å². The minimum atomic E-state index is 0.867. The fourth-order valence-corrected chi connectivity index (χ4v) is 1.72. The van der Waals surface area contributed by atoms with Crippen LogP contribution < -0.4 is 0 Å². The van der Waals surface area contributed by atoms with Crippen molar-refractivity contribution in [2.75, 3.05) is 13.1 Å². The Labute approximate surface area is 83.5 Å². The average molecular weight is 183 g/mol. The maximum Gasteiger partial charge on any atom is 0.0224 e. The van der Waals surface area contributed by atoms with Crippen LogP contribution in [0.1, 0.15) is 47.0 Å². The van der Waals surface area contributed by atoms with Crippen LogP contribution in [0.25, 0.3) is 0 Å². The van der Waals surface area contributed by atoms with E-state index in [1.54, 1.807) is 0 Å². The summed E-state index contributed by atoms with van der Waals surface area (Å²) >= 11 is 0. The number of rotatable bonds is 6. The van der Waals surface area contributed by atoms with Crippen molar-refractivity contribution in [3.63, 3.8) is 0 Å². The molecule has 0 N–H and O–H groups in total. The zero-order valence-electron chi connectivity index (χ0n) is 9.71. The predicted octanol–water partition coefficient (Wildman–Crippen LogP) is 3.15. The van der Waals surface area contributed by atoms with Crippen molar-refractivity contribution in [1.29, 1.82) is 0 Å². The van der Waals surface area contributed by atoms with Crippen molar-refractivity contribution in [2.45, 2.75) is 53.0 Å². The highest BCUT2D eigenvalue weighted by molar-refractivity contribution is 4.88. The summed E-state index contributed by atoms with van der Waals surface area (Å²) in [6.07, 6.45) is 4.21. The van der Waals surface area contributed by atoms with Gasteiger partial charge in [-0.2, -0.15) is 0 Å². The highest BCUT2D eigenvalue weighted by Crippen LogP contribution is 2.24. The third kappa shape index (κ3) is 4.66. The molecule has 0 radical (unpaired) electrons. The molecule has 1 heterocycles. The van der Waals surface area contributed by atoms with E-state index in [9.17, 15) is 0 Å². The van der Waals surface area contributed by atoms with Crippen LogP contribution in [-0.2, 0) is 0 Å². The van der Waals surface area contributed by atoms with E-state index in [-0.39, 0.29) is 0 Å². The third-order valence-corrected chi connectivity index (χ3v) is 2.90. The van der Waals surface area contributed by atoms with Crippen molar-refractivity contribution in [3.05, 3.63) is 0 Å². The van der Waals surface area contributed by atoms with Gasteiger partial charge in [-0.3, -0.25) is 4.90 Å². The summed E-state index contributed by atoms with van der Waals surface area (Å²) in [7, 11) is 0. The predicted molar refractivity (Wildman–Crippen MR) is 58.9 cm³/mol. The Kier molecular flexibility index (Phi) is 4.24. The van der Waals surface area contributed by atoms with Gasteiger partial charge in [0.25, 0.3) is 0 Å². The molecule has 1 aliphatic heterocycles. The molecule has 1 nitrogen and oxygen atoms in total. The molecule has 2 unspecified atom stereocenters. The second-order valence-electron chi connectivity index (χ2n) is 5.30. The van der Waals surface area contributed by atoms with Gasteiger partial charge in [-0.15, -0.1) is 0 Å². The standard InChI is InChI=1S/C12H25N/c1-10(2)5-6-12-9-13(12)8-7-11(3)4/h10-12H,5-9H2,1-4H3. The molecule has 0 spiro atoms. The van der Waals surface area contributed by atoms with Gasteiger partial charge in [0.2, 0.25) is 0 Å². The molecule has 0 aliphatic carbocycles. The molecule has 1 fully saturated rings. The molecule has 0 aromatic carbocycles. The summed E-state index contributed by atoms with van der Waals surface area (Å²) in [5.74, 6) is 1.75. The fraction of sp³-hybridized carbons (Fsp3) is 1.00. The minimum absolute atomic E-state index is 0.867. The molecule has 1 aliphatic rings. The average Bonchev–Trinajstić information content (AvgIpc) is 2.76. The highest BCUT2D eigenvalue weighted by Gasteiger charge is 2.32. The first kappa shape index (κ1) is 11.0. The molecule has 0 saturated carbocycles. The summed E-state index contributed by atoms with van der Waals surface area (Å²) < 4.78 is 0. The zero-order chi connectivity index (χ0) is 9.84. The molecule has 2 atom stereocenters. The number of hydrogen-bond acceptors (Lipinski definition) is 1. The summed E-state index contributed by atoms with van der Waals surface area (Å²) in [5.41, 5.74) is 0. The Morgan fingerprint density at radius 3 is 2.23 bits per heavy atom. The van der Waals surface area contributed by atoms with Crippen LogP contribution >= 0.6 is 0 Å². The van der Waals surface area contributed by atoms with Crippen molar-refractivity contribution in [3.8, 4) is 0 Å². The molecular formula is C12H25N. The van der Waals surface area contributed by atoms with Crippen LogP contribution in [0.3, 0.4) is 0 Å². The monoisotopic (exact) mass is 183 g/mol. The lowest BCUT2D eigenvalue weighted by Crippen LogP contribution is -2.07. The van der Waals surface area contributed by atoms with Crippen LogP contribution in [-0.4, -0.2) is 24.0 Å². The first-order valence-corrected chi connectivity index (χ1v) is 5.83. The number of hydrogen-bond donors (Lipinski definition) is 0. The van der Waals surface area contributed by atoms with Gasteiger partial charge in [-0.25, -0.2) is 0 Å². The second kappa shape index (κ2) is 4.99. The molecule has 0 aromatic heterocycles. The Bertz CT molecular complexity index is 124. The largest absolute Gasteiger partial charge is 0.298 e. The summed E-state index contributed by atoms with van der Waals surface area (Å²) in [6, 6.07) is 0.946. The second-order valence-corrected chi connectivity index (χ2v) is 5.30. The van der Waals surface area contributed by atoms with Gasteiger partial charge in [-0.1, -0.05) is 27.7 Å². The third-order valence-electron chi connectivity index (χ3n) is 2.90. The Hall–Kier alpha value is -0.0400. The Balaban J connectivity index is 1.96. The van der Waals surface area contributed by atoms with Gasteiger partial charge in [0.1, 0.15) is 0 Å². The molecule has 13 heavy (non-hydrogen) atoms. The smallest absolute Gasteiger partial charge is 0.0224 e. The lowest BCUT2D eigenvalue weighted by Gasteiger charge is -2.07. The van der Waals surface area contributed by atoms with Gasteiger partial charge in [0.15, 0.2) is 0 Å². The zero-order valence-corrected chi connectivity index (χ0v) is 9.71. The highest BCUT2D eigenvalue weighted by atomic mass is 15.3. The minimum Gasteiger partial charge on any atom is -0.298 e. The van der Waals surface area contributed by atoms with Crippen LogP contribution in [0.2, 0.25) is 0 Å². The maximum absolute atomic E-state index is 2.63. The molecular weight excluding hydrogens is 158 g/mol. The van der Waals surface area contributed by atoms with Gasteiger partial charge in [0, 0.05) is 12.6 Å².